The molecule has 0 bridgehead atoms. The van der Waals surface area contributed by atoms with Crippen molar-refractivity contribution >= 4 is 0 Å². The van der Waals surface area contributed by atoms with Gasteiger partial charge in [0.25, 0.3) is 0 Å². The summed E-state index contributed by atoms with van der Waals surface area (Å²) < 4.78 is 35.9. The second kappa shape index (κ2) is 13.3. The van der Waals surface area contributed by atoms with Crippen molar-refractivity contribution in [3.05, 3.63) is 65.7 Å². The lowest BCUT2D eigenvalue weighted by Crippen LogP contribution is -2.63. The van der Waals surface area contributed by atoms with Gasteiger partial charge < -0.3 is 33.5 Å². The number of benzene rings is 2. The van der Waals surface area contributed by atoms with Crippen molar-refractivity contribution in [1.82, 2.24) is 0 Å². The predicted molar refractivity (Wildman–Crippen MR) is 131 cm³/mol. The molecule has 192 valence electrons. The van der Waals surface area contributed by atoms with Gasteiger partial charge in [-0.05, 0) is 24.1 Å². The summed E-state index contributed by atoms with van der Waals surface area (Å²) in [7, 11) is 1.63. The van der Waals surface area contributed by atoms with Crippen LogP contribution in [-0.4, -0.2) is 56.1 Å². The maximum absolute atomic E-state index is 11.2. The molecule has 2 saturated heterocycles. The number of hydrogen-bond acceptors (Lipinski definition) is 7. The van der Waals surface area contributed by atoms with Crippen LogP contribution in [0.15, 0.2) is 54.6 Å². The largest absolute Gasteiger partial charge is 0.497 e. The van der Waals surface area contributed by atoms with Gasteiger partial charge in [-0.25, -0.2) is 0 Å². The van der Waals surface area contributed by atoms with E-state index in [0.717, 1.165) is 29.7 Å². The molecule has 7 heteroatoms. The van der Waals surface area contributed by atoms with Crippen LogP contribution in [0.1, 0.15) is 56.4 Å². The van der Waals surface area contributed by atoms with Crippen LogP contribution in [0.4, 0.5) is 0 Å². The molecule has 2 aliphatic heterocycles. The van der Waals surface area contributed by atoms with Crippen LogP contribution in [0, 0.1) is 0 Å². The molecular weight excluding hydrogens is 448 g/mol. The number of unbranched alkanes of at least 4 members (excludes halogenated alkanes) is 4. The van der Waals surface area contributed by atoms with Crippen molar-refractivity contribution in [2.45, 2.75) is 82.6 Å². The van der Waals surface area contributed by atoms with E-state index in [1.807, 2.05) is 54.6 Å². The lowest BCUT2D eigenvalue weighted by atomic mass is 9.97. The third kappa shape index (κ3) is 7.03. The van der Waals surface area contributed by atoms with Crippen molar-refractivity contribution in [2.75, 3.05) is 20.3 Å². The fourth-order valence-corrected chi connectivity index (χ4v) is 4.50. The van der Waals surface area contributed by atoms with Gasteiger partial charge in [-0.1, -0.05) is 75.1 Å². The standard InChI is InChI=1S/C28H38O7/c1-3-4-5-6-10-17-31-26-24(29)28(32-18-20-11-8-7-9-12-20)34-23-19-33-27(35-25(23)26)21-13-15-22(30-2)16-14-21/h7-9,11-16,23-29H,3-6,10,17-19H2,1-2H3/t23-,24-,25-,26-,27-,28+/m1/s1. The first-order valence-corrected chi connectivity index (χ1v) is 12.7. The Morgan fingerprint density at radius 3 is 2.43 bits per heavy atom. The molecule has 0 aliphatic carbocycles. The van der Waals surface area contributed by atoms with Crippen molar-refractivity contribution in [2.24, 2.45) is 0 Å². The summed E-state index contributed by atoms with van der Waals surface area (Å²) in [4.78, 5) is 0. The summed E-state index contributed by atoms with van der Waals surface area (Å²) in [6, 6.07) is 17.4. The van der Waals surface area contributed by atoms with E-state index in [-0.39, 0.29) is 0 Å². The Bertz CT molecular complexity index is 859. The molecule has 2 fully saturated rings. The lowest BCUT2D eigenvalue weighted by molar-refractivity contribution is -0.367. The van der Waals surface area contributed by atoms with E-state index in [2.05, 4.69) is 6.92 Å². The van der Waals surface area contributed by atoms with E-state index in [1.165, 1.54) is 19.3 Å². The average molecular weight is 487 g/mol. The van der Waals surface area contributed by atoms with Gasteiger partial charge in [-0.3, -0.25) is 0 Å². The second-order valence-corrected chi connectivity index (χ2v) is 9.12. The van der Waals surface area contributed by atoms with Crippen LogP contribution >= 0.6 is 0 Å². The fourth-order valence-electron chi connectivity index (χ4n) is 4.50. The van der Waals surface area contributed by atoms with Crippen molar-refractivity contribution in [3.8, 4) is 5.75 Å². The normalized spacial score (nSPS) is 28.4. The molecule has 0 spiro atoms. The van der Waals surface area contributed by atoms with Crippen molar-refractivity contribution < 1.29 is 33.5 Å². The number of rotatable bonds is 12. The zero-order chi connectivity index (χ0) is 24.5. The minimum atomic E-state index is -0.981. The van der Waals surface area contributed by atoms with Gasteiger partial charge in [0.05, 0.1) is 20.3 Å². The maximum Gasteiger partial charge on any atom is 0.187 e. The zero-order valence-electron chi connectivity index (χ0n) is 20.7. The van der Waals surface area contributed by atoms with Gasteiger partial charge in [0.15, 0.2) is 12.6 Å². The molecule has 2 aliphatic rings. The van der Waals surface area contributed by atoms with E-state index in [4.69, 9.17) is 28.4 Å². The van der Waals surface area contributed by atoms with Gasteiger partial charge in [-0.2, -0.15) is 0 Å². The highest BCUT2D eigenvalue weighted by atomic mass is 16.8. The number of aliphatic hydroxyl groups excluding tert-OH is 1. The highest BCUT2D eigenvalue weighted by Crippen LogP contribution is 2.36. The number of fused-ring (bicyclic) bond motifs is 1. The van der Waals surface area contributed by atoms with Crippen LogP contribution in [0.2, 0.25) is 0 Å². The molecule has 2 aromatic carbocycles. The van der Waals surface area contributed by atoms with E-state index in [9.17, 15) is 5.11 Å². The fraction of sp³-hybridized carbons (Fsp3) is 0.571. The van der Waals surface area contributed by atoms with Crippen LogP contribution in [0.5, 0.6) is 5.75 Å². The molecule has 1 N–H and O–H groups in total. The first-order chi connectivity index (χ1) is 17.2. The van der Waals surface area contributed by atoms with Crippen LogP contribution in [0.25, 0.3) is 0 Å². The average Bonchev–Trinajstić information content (AvgIpc) is 2.91. The molecule has 0 amide bonds. The number of methoxy groups -OCH3 is 1. The van der Waals surface area contributed by atoms with Gasteiger partial charge in [0, 0.05) is 12.2 Å². The van der Waals surface area contributed by atoms with Crippen molar-refractivity contribution in [3.63, 3.8) is 0 Å². The third-order valence-electron chi connectivity index (χ3n) is 6.51. The van der Waals surface area contributed by atoms with Gasteiger partial charge in [-0.15, -0.1) is 0 Å². The predicted octanol–water partition coefficient (Wildman–Crippen LogP) is 4.77. The molecule has 35 heavy (non-hydrogen) atoms. The minimum Gasteiger partial charge on any atom is -0.497 e. The Kier molecular flexibility index (Phi) is 9.94. The van der Waals surface area contributed by atoms with E-state index in [0.29, 0.717) is 19.8 Å². The van der Waals surface area contributed by atoms with Gasteiger partial charge in [0.1, 0.15) is 30.2 Å². The Hall–Kier alpha value is -2.00. The maximum atomic E-state index is 11.2. The summed E-state index contributed by atoms with van der Waals surface area (Å²) in [5.41, 5.74) is 1.88. The second-order valence-electron chi connectivity index (χ2n) is 9.12. The Labute approximate surface area is 208 Å². The lowest BCUT2D eigenvalue weighted by Gasteiger charge is -2.47. The molecule has 0 radical (unpaired) electrons. The monoisotopic (exact) mass is 486 g/mol. The molecule has 0 saturated carbocycles. The summed E-state index contributed by atoms with van der Waals surface area (Å²) in [5, 5.41) is 11.2. The first-order valence-electron chi connectivity index (χ1n) is 12.7. The van der Waals surface area contributed by atoms with Gasteiger partial charge in [0.2, 0.25) is 0 Å². The smallest absolute Gasteiger partial charge is 0.187 e. The van der Waals surface area contributed by atoms with Crippen LogP contribution in [-0.2, 0) is 30.3 Å². The highest BCUT2D eigenvalue weighted by Gasteiger charge is 2.50. The summed E-state index contributed by atoms with van der Waals surface area (Å²) in [6.07, 6.45) is 1.82. The third-order valence-corrected chi connectivity index (χ3v) is 6.51. The molecular formula is C28H38O7. The molecule has 0 unspecified atom stereocenters. The topological polar surface area (TPSA) is 75.6 Å². The first kappa shape index (κ1) is 26.1. The molecule has 7 nitrogen and oxygen atoms in total. The van der Waals surface area contributed by atoms with Crippen LogP contribution in [0.3, 0.4) is 0 Å². The van der Waals surface area contributed by atoms with Gasteiger partial charge >= 0.3 is 0 Å². The molecule has 0 aromatic heterocycles. The Morgan fingerprint density at radius 2 is 1.69 bits per heavy atom. The Morgan fingerprint density at radius 1 is 0.914 bits per heavy atom. The number of aliphatic hydroxyl groups is 1. The van der Waals surface area contributed by atoms with E-state index in [1.54, 1.807) is 7.11 Å². The number of ether oxygens (including phenoxy) is 6. The quantitative estimate of drug-likeness (QED) is 0.433. The van der Waals surface area contributed by atoms with E-state index >= 15 is 0 Å². The van der Waals surface area contributed by atoms with Crippen molar-refractivity contribution in [1.29, 1.82) is 0 Å². The zero-order valence-corrected chi connectivity index (χ0v) is 20.7. The highest BCUT2D eigenvalue weighted by molar-refractivity contribution is 5.28. The minimum absolute atomic E-state index is 0.315. The molecule has 4 rings (SSSR count). The Balaban J connectivity index is 1.42. The molecule has 2 aromatic rings. The molecule has 2 heterocycles. The molecule has 6 atom stereocenters. The summed E-state index contributed by atoms with van der Waals surface area (Å²) in [5.74, 6) is 0.765. The van der Waals surface area contributed by atoms with Crippen LogP contribution < -0.4 is 4.74 Å². The van der Waals surface area contributed by atoms with E-state index < -0.39 is 37.0 Å². The SMILES string of the molecule is CCCCCCCO[C@@H]1[C@@H](O)[C@@H](OCc2ccccc2)O[C@@H]2CO[C@@H](c3ccc(OC)cc3)O[C@@H]12. The summed E-state index contributed by atoms with van der Waals surface area (Å²) in [6.45, 7) is 3.40. The number of hydrogen-bond donors (Lipinski definition) is 1. The summed E-state index contributed by atoms with van der Waals surface area (Å²) >= 11 is 0.